The van der Waals surface area contributed by atoms with Crippen molar-refractivity contribution in [2.75, 3.05) is 7.11 Å². The number of carboxylic acid groups (broad SMARTS) is 1. The van der Waals surface area contributed by atoms with Crippen LogP contribution in [0.15, 0.2) is 58.5 Å². The molecule has 0 amide bonds. The molecule has 0 radical (unpaired) electrons. The highest BCUT2D eigenvalue weighted by Gasteiger charge is 2.22. The van der Waals surface area contributed by atoms with Gasteiger partial charge in [0.05, 0.1) is 12.8 Å². The van der Waals surface area contributed by atoms with Crippen LogP contribution >= 0.6 is 11.8 Å². The van der Waals surface area contributed by atoms with Gasteiger partial charge in [0.15, 0.2) is 5.16 Å². The van der Waals surface area contributed by atoms with Crippen LogP contribution in [0.2, 0.25) is 0 Å². The molecule has 0 aliphatic rings. The Hall–Kier alpha value is -3.26. The van der Waals surface area contributed by atoms with Crippen LogP contribution in [0.5, 0.6) is 5.75 Å². The second-order valence-electron chi connectivity index (χ2n) is 6.20. The number of methoxy groups -OCH3 is 1. The van der Waals surface area contributed by atoms with Crippen molar-refractivity contribution in [3.63, 3.8) is 0 Å². The van der Waals surface area contributed by atoms with E-state index in [4.69, 9.17) is 4.74 Å². The molecule has 0 saturated heterocycles. The number of para-hydroxylation sites is 3. The van der Waals surface area contributed by atoms with Gasteiger partial charge in [-0.05, 0) is 25.1 Å². The summed E-state index contributed by atoms with van der Waals surface area (Å²) in [6.07, 6.45) is 0. The summed E-state index contributed by atoms with van der Waals surface area (Å²) in [6, 6.07) is 14.6. The molecule has 28 heavy (non-hydrogen) atoms. The molecular formula is C20H17N3O4S. The Morgan fingerprint density at radius 3 is 2.68 bits per heavy atom. The number of aliphatic carboxylic acids is 1. The van der Waals surface area contributed by atoms with Gasteiger partial charge >= 0.3 is 5.97 Å². The SMILES string of the molecule is COc1ccccc1-n1c(S[C@H](C)C(=O)O)nc2c([nH]c3ccccc32)c1=O. The molecule has 2 aromatic carbocycles. The molecule has 2 heterocycles. The Morgan fingerprint density at radius 2 is 1.93 bits per heavy atom. The largest absolute Gasteiger partial charge is 0.495 e. The molecule has 7 nitrogen and oxygen atoms in total. The maximum Gasteiger partial charge on any atom is 0.316 e. The number of benzene rings is 2. The number of aromatic nitrogens is 3. The van der Waals surface area contributed by atoms with E-state index in [0.29, 0.717) is 27.6 Å². The predicted octanol–water partition coefficient (Wildman–Crippen LogP) is 3.44. The first-order chi connectivity index (χ1) is 13.5. The van der Waals surface area contributed by atoms with Gasteiger partial charge in [0, 0.05) is 10.9 Å². The van der Waals surface area contributed by atoms with E-state index in [1.165, 1.54) is 11.7 Å². The zero-order valence-electron chi connectivity index (χ0n) is 15.2. The van der Waals surface area contributed by atoms with Crippen LogP contribution in [0.1, 0.15) is 6.92 Å². The van der Waals surface area contributed by atoms with Crippen LogP contribution in [0.4, 0.5) is 0 Å². The van der Waals surface area contributed by atoms with E-state index in [-0.39, 0.29) is 5.56 Å². The van der Waals surface area contributed by atoms with E-state index in [1.807, 2.05) is 24.3 Å². The van der Waals surface area contributed by atoms with Crippen molar-refractivity contribution in [1.82, 2.24) is 14.5 Å². The quantitative estimate of drug-likeness (QED) is 0.397. The summed E-state index contributed by atoms with van der Waals surface area (Å²) < 4.78 is 6.81. The Bertz CT molecular complexity index is 1260. The van der Waals surface area contributed by atoms with Crippen molar-refractivity contribution in [2.24, 2.45) is 0 Å². The zero-order chi connectivity index (χ0) is 19.8. The molecule has 0 bridgehead atoms. The number of rotatable bonds is 5. The second kappa shape index (κ2) is 7.05. The molecule has 4 aromatic rings. The number of carbonyl (C=O) groups is 1. The third kappa shape index (κ3) is 2.91. The number of aromatic amines is 1. The van der Waals surface area contributed by atoms with E-state index in [2.05, 4.69) is 9.97 Å². The van der Waals surface area contributed by atoms with Gasteiger partial charge in [-0.25, -0.2) is 9.55 Å². The van der Waals surface area contributed by atoms with Gasteiger partial charge in [-0.2, -0.15) is 0 Å². The summed E-state index contributed by atoms with van der Waals surface area (Å²) >= 11 is 1.02. The maximum absolute atomic E-state index is 13.4. The predicted molar refractivity (Wildman–Crippen MR) is 109 cm³/mol. The standard InChI is InChI=1S/C20H17N3O4S/c1-11(19(25)26)28-20-22-16-12-7-3-4-8-13(12)21-17(16)18(24)23(20)14-9-5-6-10-15(14)27-2/h3-11,21H,1-2H3,(H,25,26)/t11-/m1/s1. The van der Waals surface area contributed by atoms with Gasteiger partial charge < -0.3 is 14.8 Å². The number of fused-ring (bicyclic) bond motifs is 3. The molecule has 0 unspecified atom stereocenters. The van der Waals surface area contributed by atoms with Gasteiger partial charge in [0.25, 0.3) is 5.56 Å². The topological polar surface area (TPSA) is 97.2 Å². The molecule has 2 aromatic heterocycles. The number of nitrogens with zero attached hydrogens (tertiary/aromatic N) is 2. The molecule has 8 heteroatoms. The number of nitrogens with one attached hydrogen (secondary N) is 1. The molecule has 142 valence electrons. The molecule has 4 rings (SSSR count). The van der Waals surface area contributed by atoms with Crippen molar-refractivity contribution in [3.05, 3.63) is 58.9 Å². The normalized spacial score (nSPS) is 12.4. The number of thioether (sulfide) groups is 1. The number of carboxylic acids is 1. The Morgan fingerprint density at radius 1 is 1.21 bits per heavy atom. The first-order valence-electron chi connectivity index (χ1n) is 8.57. The van der Waals surface area contributed by atoms with Crippen LogP contribution in [0, 0.1) is 0 Å². The van der Waals surface area contributed by atoms with Gasteiger partial charge in [0.1, 0.15) is 22.0 Å². The smallest absolute Gasteiger partial charge is 0.316 e. The van der Waals surface area contributed by atoms with Crippen LogP contribution in [0.3, 0.4) is 0 Å². The van der Waals surface area contributed by atoms with E-state index in [0.717, 1.165) is 22.7 Å². The zero-order valence-corrected chi connectivity index (χ0v) is 16.0. The summed E-state index contributed by atoms with van der Waals surface area (Å²) in [6.45, 7) is 1.56. The Labute approximate surface area is 164 Å². The summed E-state index contributed by atoms with van der Waals surface area (Å²) in [7, 11) is 1.52. The fourth-order valence-electron chi connectivity index (χ4n) is 3.06. The Kier molecular flexibility index (Phi) is 4.56. The van der Waals surface area contributed by atoms with Crippen LogP contribution in [-0.2, 0) is 4.79 Å². The lowest BCUT2D eigenvalue weighted by Crippen LogP contribution is -2.24. The minimum atomic E-state index is -0.982. The molecule has 2 N–H and O–H groups in total. The monoisotopic (exact) mass is 395 g/mol. The van der Waals surface area contributed by atoms with Gasteiger partial charge in [0.2, 0.25) is 0 Å². The fraction of sp³-hybridized carbons (Fsp3) is 0.150. The maximum atomic E-state index is 13.4. The third-order valence-electron chi connectivity index (χ3n) is 4.45. The molecule has 0 fully saturated rings. The average molecular weight is 395 g/mol. The molecule has 1 atom stereocenters. The highest BCUT2D eigenvalue weighted by atomic mass is 32.2. The van der Waals surface area contributed by atoms with Gasteiger partial charge in [-0.15, -0.1) is 0 Å². The third-order valence-corrected chi connectivity index (χ3v) is 5.49. The van der Waals surface area contributed by atoms with E-state index < -0.39 is 11.2 Å². The van der Waals surface area contributed by atoms with E-state index in [9.17, 15) is 14.7 Å². The second-order valence-corrected chi connectivity index (χ2v) is 7.51. The minimum Gasteiger partial charge on any atom is -0.495 e. The lowest BCUT2D eigenvalue weighted by Gasteiger charge is -2.16. The van der Waals surface area contributed by atoms with Crippen molar-refractivity contribution in [3.8, 4) is 11.4 Å². The van der Waals surface area contributed by atoms with Gasteiger partial charge in [-0.1, -0.05) is 42.1 Å². The lowest BCUT2D eigenvalue weighted by atomic mass is 10.2. The highest BCUT2D eigenvalue weighted by Crippen LogP contribution is 2.31. The highest BCUT2D eigenvalue weighted by molar-refractivity contribution is 8.00. The van der Waals surface area contributed by atoms with Crippen molar-refractivity contribution >= 4 is 39.7 Å². The van der Waals surface area contributed by atoms with Crippen molar-refractivity contribution in [2.45, 2.75) is 17.3 Å². The van der Waals surface area contributed by atoms with Crippen molar-refractivity contribution in [1.29, 1.82) is 0 Å². The summed E-state index contributed by atoms with van der Waals surface area (Å²) in [5.74, 6) is -0.489. The minimum absolute atomic E-state index is 0.293. The van der Waals surface area contributed by atoms with E-state index in [1.54, 1.807) is 31.2 Å². The summed E-state index contributed by atoms with van der Waals surface area (Å²) in [4.78, 5) is 32.6. The van der Waals surface area contributed by atoms with Crippen molar-refractivity contribution < 1.29 is 14.6 Å². The molecule has 0 aliphatic heterocycles. The fourth-order valence-corrected chi connectivity index (χ4v) is 3.90. The summed E-state index contributed by atoms with van der Waals surface area (Å²) in [5, 5.41) is 9.68. The van der Waals surface area contributed by atoms with Gasteiger partial charge in [-0.3, -0.25) is 9.59 Å². The number of hydrogen-bond donors (Lipinski definition) is 2. The van der Waals surface area contributed by atoms with Crippen LogP contribution < -0.4 is 10.3 Å². The molecule has 0 aliphatic carbocycles. The lowest BCUT2D eigenvalue weighted by molar-refractivity contribution is -0.136. The molecule has 0 spiro atoms. The Balaban J connectivity index is 2.08. The number of H-pyrrole nitrogens is 1. The number of ether oxygens (including phenoxy) is 1. The van der Waals surface area contributed by atoms with Crippen LogP contribution in [0.25, 0.3) is 27.6 Å². The first-order valence-corrected chi connectivity index (χ1v) is 9.45. The number of hydrogen-bond acceptors (Lipinski definition) is 5. The first kappa shape index (κ1) is 18.1. The molecular weight excluding hydrogens is 378 g/mol. The summed E-state index contributed by atoms with van der Waals surface area (Å²) in [5.41, 5.74) is 1.86. The molecule has 0 saturated carbocycles. The van der Waals surface area contributed by atoms with E-state index >= 15 is 0 Å². The average Bonchev–Trinajstić information content (AvgIpc) is 3.07. The van der Waals surface area contributed by atoms with Crippen LogP contribution in [-0.4, -0.2) is 38.0 Å².